The smallest absolute Gasteiger partial charge is 0.249 e. The topological polar surface area (TPSA) is 64.7 Å². The van der Waals surface area contributed by atoms with Crippen LogP contribution in [0.4, 0.5) is 5.69 Å². The molecule has 3 aromatic rings. The zero-order valence-corrected chi connectivity index (χ0v) is 19.1. The van der Waals surface area contributed by atoms with Gasteiger partial charge in [0, 0.05) is 10.0 Å². The number of carbonyl (C=O) groups excluding carboxylic acids is 1. The van der Waals surface area contributed by atoms with E-state index < -0.39 is 6.04 Å². The lowest BCUT2D eigenvalue weighted by molar-refractivity contribution is -0.119. The molecule has 0 aliphatic heterocycles. The van der Waals surface area contributed by atoms with Crippen LogP contribution in [0.1, 0.15) is 41.3 Å². The van der Waals surface area contributed by atoms with E-state index in [1.54, 1.807) is 23.7 Å². The van der Waals surface area contributed by atoms with Gasteiger partial charge < -0.3 is 5.32 Å². The highest BCUT2D eigenvalue weighted by molar-refractivity contribution is 6.35. The van der Waals surface area contributed by atoms with Crippen LogP contribution in [-0.4, -0.2) is 25.5 Å². The SMILES string of the molecule is Cc1nn(C(C)C(=O)Nc2c(C)nn(Cc3ccc(Cl)cc3Cl)c2C)c(C)c1Cl. The minimum atomic E-state index is -0.519. The second kappa shape index (κ2) is 8.38. The van der Waals surface area contributed by atoms with Crippen LogP contribution in [0.15, 0.2) is 18.2 Å². The summed E-state index contributed by atoms with van der Waals surface area (Å²) in [4.78, 5) is 12.9. The predicted molar refractivity (Wildman–Crippen MR) is 117 cm³/mol. The van der Waals surface area contributed by atoms with Gasteiger partial charge in [0.25, 0.3) is 0 Å². The highest BCUT2D eigenvalue weighted by atomic mass is 35.5. The first-order valence-electron chi connectivity index (χ1n) is 9.10. The molecule has 1 amide bonds. The number of nitrogens with one attached hydrogen (secondary N) is 1. The van der Waals surface area contributed by atoms with Gasteiger partial charge in [-0.2, -0.15) is 10.2 Å². The number of carbonyl (C=O) groups is 1. The van der Waals surface area contributed by atoms with Crippen molar-refractivity contribution in [3.8, 4) is 0 Å². The van der Waals surface area contributed by atoms with Crippen LogP contribution in [-0.2, 0) is 11.3 Å². The molecule has 0 saturated heterocycles. The highest BCUT2D eigenvalue weighted by Crippen LogP contribution is 2.27. The Kier molecular flexibility index (Phi) is 6.27. The molecule has 9 heteroatoms. The molecule has 0 aliphatic carbocycles. The Morgan fingerprint density at radius 1 is 1.07 bits per heavy atom. The number of benzene rings is 1. The third-order valence-corrected chi connectivity index (χ3v) is 6.08. The molecule has 1 aromatic carbocycles. The zero-order valence-electron chi connectivity index (χ0n) is 16.8. The van der Waals surface area contributed by atoms with E-state index in [0.29, 0.717) is 33.0 Å². The molecule has 1 atom stereocenters. The maximum absolute atomic E-state index is 12.9. The number of hydrogen-bond donors (Lipinski definition) is 1. The van der Waals surface area contributed by atoms with Crippen LogP contribution < -0.4 is 5.32 Å². The third kappa shape index (κ3) is 4.29. The maximum atomic E-state index is 12.9. The van der Waals surface area contributed by atoms with Crippen molar-refractivity contribution in [2.75, 3.05) is 5.32 Å². The zero-order chi connectivity index (χ0) is 21.5. The molecule has 6 nitrogen and oxygen atoms in total. The average molecular weight is 455 g/mol. The lowest BCUT2D eigenvalue weighted by atomic mass is 10.2. The predicted octanol–water partition coefficient (Wildman–Crippen LogP) is 5.52. The Morgan fingerprint density at radius 2 is 1.76 bits per heavy atom. The number of anilines is 1. The second-order valence-electron chi connectivity index (χ2n) is 7.03. The average Bonchev–Trinajstić information content (AvgIpc) is 3.07. The number of hydrogen-bond acceptors (Lipinski definition) is 3. The van der Waals surface area contributed by atoms with E-state index in [1.807, 2.05) is 38.4 Å². The van der Waals surface area contributed by atoms with Crippen molar-refractivity contribution in [2.45, 2.75) is 47.2 Å². The van der Waals surface area contributed by atoms with Gasteiger partial charge in [-0.25, -0.2) is 0 Å². The summed E-state index contributed by atoms with van der Waals surface area (Å²) >= 11 is 18.5. The van der Waals surface area contributed by atoms with Gasteiger partial charge in [-0.1, -0.05) is 40.9 Å². The van der Waals surface area contributed by atoms with Crippen molar-refractivity contribution >= 4 is 46.4 Å². The number of aryl methyl sites for hydroxylation is 2. The van der Waals surface area contributed by atoms with Gasteiger partial charge in [0.2, 0.25) is 5.91 Å². The van der Waals surface area contributed by atoms with Crippen molar-refractivity contribution < 1.29 is 4.79 Å². The monoisotopic (exact) mass is 453 g/mol. The third-order valence-electron chi connectivity index (χ3n) is 4.95. The molecule has 2 aromatic heterocycles. The molecule has 0 bridgehead atoms. The Morgan fingerprint density at radius 3 is 2.34 bits per heavy atom. The van der Waals surface area contributed by atoms with E-state index in [-0.39, 0.29) is 5.91 Å². The van der Waals surface area contributed by atoms with Crippen LogP contribution in [0.3, 0.4) is 0 Å². The number of rotatable bonds is 5. The van der Waals surface area contributed by atoms with Crippen LogP contribution >= 0.6 is 34.8 Å². The Labute approximate surface area is 184 Å². The Balaban J connectivity index is 1.82. The van der Waals surface area contributed by atoms with E-state index in [0.717, 1.165) is 22.6 Å². The number of halogens is 3. The fourth-order valence-electron chi connectivity index (χ4n) is 3.20. The first-order valence-corrected chi connectivity index (χ1v) is 10.2. The van der Waals surface area contributed by atoms with Crippen molar-refractivity contribution in [1.82, 2.24) is 19.6 Å². The van der Waals surface area contributed by atoms with Crippen molar-refractivity contribution in [2.24, 2.45) is 0 Å². The van der Waals surface area contributed by atoms with Crippen molar-refractivity contribution in [3.63, 3.8) is 0 Å². The fourth-order valence-corrected chi connectivity index (χ4v) is 3.79. The molecule has 0 fully saturated rings. The Bertz CT molecular complexity index is 1090. The lowest BCUT2D eigenvalue weighted by Gasteiger charge is -2.15. The van der Waals surface area contributed by atoms with Gasteiger partial charge in [0.1, 0.15) is 6.04 Å². The van der Waals surface area contributed by atoms with Gasteiger partial charge >= 0.3 is 0 Å². The second-order valence-corrected chi connectivity index (χ2v) is 8.26. The summed E-state index contributed by atoms with van der Waals surface area (Å²) in [6, 6.07) is 4.84. The molecule has 29 heavy (non-hydrogen) atoms. The molecule has 154 valence electrons. The van der Waals surface area contributed by atoms with E-state index in [9.17, 15) is 4.79 Å². The van der Waals surface area contributed by atoms with Crippen LogP contribution in [0.2, 0.25) is 15.1 Å². The molecule has 1 N–H and O–H groups in total. The van der Waals surface area contributed by atoms with E-state index >= 15 is 0 Å². The molecule has 1 unspecified atom stereocenters. The molecule has 0 saturated carbocycles. The minimum Gasteiger partial charge on any atom is -0.321 e. The summed E-state index contributed by atoms with van der Waals surface area (Å²) in [7, 11) is 0. The molecule has 0 radical (unpaired) electrons. The molecule has 0 spiro atoms. The molecular formula is C20H22Cl3N5O. The number of nitrogens with zero attached hydrogens (tertiary/aromatic N) is 4. The molecule has 3 rings (SSSR count). The largest absolute Gasteiger partial charge is 0.321 e. The van der Waals surface area contributed by atoms with Gasteiger partial charge in [-0.05, 0) is 52.3 Å². The van der Waals surface area contributed by atoms with E-state index in [4.69, 9.17) is 34.8 Å². The van der Waals surface area contributed by atoms with Crippen LogP contribution in [0, 0.1) is 27.7 Å². The first-order chi connectivity index (χ1) is 13.6. The van der Waals surface area contributed by atoms with Crippen molar-refractivity contribution in [1.29, 1.82) is 0 Å². The fraction of sp³-hybridized carbons (Fsp3) is 0.350. The van der Waals surface area contributed by atoms with Crippen LogP contribution in [0.5, 0.6) is 0 Å². The van der Waals surface area contributed by atoms with E-state index in [1.165, 1.54) is 0 Å². The van der Waals surface area contributed by atoms with Crippen molar-refractivity contribution in [3.05, 3.63) is 61.6 Å². The summed E-state index contributed by atoms with van der Waals surface area (Å²) in [6.45, 7) is 9.68. The summed E-state index contributed by atoms with van der Waals surface area (Å²) in [5, 5.41) is 13.6. The standard InChI is InChI=1S/C20H22Cl3N5O/c1-10-18(23)12(3)28(26-10)14(5)20(29)24-19-11(2)25-27(13(19)4)9-15-6-7-16(21)8-17(15)22/h6-8,14H,9H2,1-5H3,(H,24,29). The summed E-state index contributed by atoms with van der Waals surface area (Å²) in [6.07, 6.45) is 0. The molecular weight excluding hydrogens is 433 g/mol. The summed E-state index contributed by atoms with van der Waals surface area (Å²) in [5.41, 5.74) is 4.59. The number of amides is 1. The summed E-state index contributed by atoms with van der Waals surface area (Å²) < 4.78 is 3.44. The van der Waals surface area contributed by atoms with Crippen LogP contribution in [0.25, 0.3) is 0 Å². The van der Waals surface area contributed by atoms with Gasteiger partial charge in [-0.3, -0.25) is 14.2 Å². The Hall–Kier alpha value is -2.02. The van der Waals surface area contributed by atoms with Gasteiger partial charge in [0.05, 0.1) is 40.0 Å². The van der Waals surface area contributed by atoms with Gasteiger partial charge in [0.15, 0.2) is 0 Å². The first kappa shape index (κ1) is 21.7. The molecule has 2 heterocycles. The van der Waals surface area contributed by atoms with Gasteiger partial charge in [-0.15, -0.1) is 0 Å². The maximum Gasteiger partial charge on any atom is 0.249 e. The normalized spacial score (nSPS) is 12.3. The summed E-state index contributed by atoms with van der Waals surface area (Å²) in [5.74, 6) is -0.192. The van der Waals surface area contributed by atoms with E-state index in [2.05, 4.69) is 15.5 Å². The highest BCUT2D eigenvalue weighted by Gasteiger charge is 2.23. The lowest BCUT2D eigenvalue weighted by Crippen LogP contribution is -2.25. The number of aromatic nitrogens is 4. The molecule has 0 aliphatic rings. The minimum absolute atomic E-state index is 0.192. The quantitative estimate of drug-likeness (QED) is 0.552.